The lowest BCUT2D eigenvalue weighted by molar-refractivity contribution is -0.0951. The van der Waals surface area contributed by atoms with Gasteiger partial charge in [0.25, 0.3) is 0 Å². The highest BCUT2D eigenvalue weighted by Crippen LogP contribution is 2.42. The molecule has 0 aromatic carbocycles. The van der Waals surface area contributed by atoms with Gasteiger partial charge in [0, 0.05) is 18.4 Å². The van der Waals surface area contributed by atoms with Gasteiger partial charge >= 0.3 is 0 Å². The molecule has 15 heavy (non-hydrogen) atoms. The van der Waals surface area contributed by atoms with Gasteiger partial charge in [-0.15, -0.1) is 0 Å². The predicted molar refractivity (Wildman–Crippen MR) is 66.2 cm³/mol. The van der Waals surface area contributed by atoms with Crippen LogP contribution in [0.15, 0.2) is 0 Å². The van der Waals surface area contributed by atoms with Gasteiger partial charge < -0.3 is 10.5 Å². The van der Waals surface area contributed by atoms with Crippen molar-refractivity contribution in [2.75, 3.05) is 18.6 Å². The van der Waals surface area contributed by atoms with Crippen LogP contribution in [0.3, 0.4) is 0 Å². The first-order valence-corrected chi connectivity index (χ1v) is 7.54. The Kier molecular flexibility index (Phi) is 3.97. The molecule has 2 fully saturated rings. The van der Waals surface area contributed by atoms with Crippen molar-refractivity contribution in [1.82, 2.24) is 0 Å². The molecule has 3 heteroatoms. The van der Waals surface area contributed by atoms with Gasteiger partial charge in [-0.25, -0.2) is 0 Å². The van der Waals surface area contributed by atoms with Gasteiger partial charge in [0.05, 0.1) is 5.60 Å². The summed E-state index contributed by atoms with van der Waals surface area (Å²) < 4.78 is 6.02. The van der Waals surface area contributed by atoms with Crippen LogP contribution in [0.4, 0.5) is 0 Å². The molecule has 2 rings (SSSR count). The maximum atomic E-state index is 6.23. The van der Waals surface area contributed by atoms with Crippen LogP contribution in [0.1, 0.15) is 38.5 Å². The van der Waals surface area contributed by atoms with Crippen LogP contribution in [0.2, 0.25) is 0 Å². The summed E-state index contributed by atoms with van der Waals surface area (Å²) in [5.74, 6) is 1.80. The molecule has 88 valence electrons. The zero-order valence-electron chi connectivity index (χ0n) is 9.71. The average molecular weight is 229 g/mol. The third kappa shape index (κ3) is 2.69. The maximum Gasteiger partial charge on any atom is 0.0685 e. The van der Waals surface area contributed by atoms with Crippen molar-refractivity contribution in [3.05, 3.63) is 0 Å². The molecule has 2 nitrogen and oxygen atoms in total. The number of thioether (sulfide) groups is 1. The van der Waals surface area contributed by atoms with E-state index in [9.17, 15) is 0 Å². The Morgan fingerprint density at radius 2 is 2.20 bits per heavy atom. The predicted octanol–water partition coefficient (Wildman–Crippen LogP) is 2.42. The zero-order valence-corrected chi connectivity index (χ0v) is 10.5. The molecule has 2 atom stereocenters. The summed E-state index contributed by atoms with van der Waals surface area (Å²) in [6.07, 6.45) is 9.78. The van der Waals surface area contributed by atoms with Crippen molar-refractivity contribution in [3.63, 3.8) is 0 Å². The van der Waals surface area contributed by atoms with E-state index in [1.807, 2.05) is 11.8 Å². The van der Waals surface area contributed by atoms with E-state index in [0.29, 0.717) is 12.0 Å². The Bertz CT molecular complexity index is 204. The number of nitrogens with two attached hydrogens (primary N) is 1. The van der Waals surface area contributed by atoms with Crippen LogP contribution in [-0.4, -0.2) is 30.3 Å². The first kappa shape index (κ1) is 11.7. The molecule has 1 saturated carbocycles. The number of hydrogen-bond donors (Lipinski definition) is 1. The minimum absolute atomic E-state index is 0.235. The summed E-state index contributed by atoms with van der Waals surface area (Å²) in [5.41, 5.74) is 6.47. The molecule has 0 amide bonds. The molecule has 2 N–H and O–H groups in total. The fourth-order valence-electron chi connectivity index (χ4n) is 3.13. The molecule has 2 aliphatic rings. The SMILES string of the molecule is CSCC(N)C1CCOC2(CCCC2)C1. The standard InChI is InChI=1S/C12H23NOS/c1-15-9-11(13)10-4-7-14-12(8-10)5-2-3-6-12/h10-11H,2-9,13H2,1H3. The summed E-state index contributed by atoms with van der Waals surface area (Å²) in [6, 6.07) is 0.376. The van der Waals surface area contributed by atoms with Crippen LogP contribution in [0.25, 0.3) is 0 Å². The van der Waals surface area contributed by atoms with E-state index in [1.165, 1.54) is 38.5 Å². The van der Waals surface area contributed by atoms with E-state index in [4.69, 9.17) is 10.5 Å². The summed E-state index contributed by atoms with van der Waals surface area (Å²) in [7, 11) is 0. The van der Waals surface area contributed by atoms with E-state index >= 15 is 0 Å². The van der Waals surface area contributed by atoms with Gasteiger partial charge in [-0.05, 0) is 37.9 Å². The molecular weight excluding hydrogens is 206 g/mol. The topological polar surface area (TPSA) is 35.2 Å². The molecule has 1 spiro atoms. The summed E-state index contributed by atoms with van der Waals surface area (Å²) in [6.45, 7) is 0.937. The Hall–Kier alpha value is 0.270. The minimum atomic E-state index is 0.235. The Balaban J connectivity index is 1.91. The van der Waals surface area contributed by atoms with Gasteiger partial charge in [-0.3, -0.25) is 0 Å². The summed E-state index contributed by atoms with van der Waals surface area (Å²) in [4.78, 5) is 0. The Labute approximate surface area is 97.3 Å². The van der Waals surface area contributed by atoms with Crippen LogP contribution in [0, 0.1) is 5.92 Å². The van der Waals surface area contributed by atoms with E-state index in [-0.39, 0.29) is 5.60 Å². The zero-order chi connectivity index (χ0) is 10.7. The monoisotopic (exact) mass is 229 g/mol. The van der Waals surface area contributed by atoms with E-state index in [2.05, 4.69) is 6.26 Å². The van der Waals surface area contributed by atoms with Gasteiger partial charge in [-0.1, -0.05) is 12.8 Å². The fraction of sp³-hybridized carbons (Fsp3) is 1.00. The molecule has 0 radical (unpaired) electrons. The van der Waals surface area contributed by atoms with E-state index in [0.717, 1.165) is 12.4 Å². The number of hydrogen-bond acceptors (Lipinski definition) is 3. The Morgan fingerprint density at radius 3 is 2.87 bits per heavy atom. The number of rotatable bonds is 3. The van der Waals surface area contributed by atoms with Crippen molar-refractivity contribution in [3.8, 4) is 0 Å². The molecule has 1 heterocycles. The van der Waals surface area contributed by atoms with Crippen molar-refractivity contribution in [2.24, 2.45) is 11.7 Å². The van der Waals surface area contributed by atoms with E-state index < -0.39 is 0 Å². The molecule has 0 aromatic heterocycles. The maximum absolute atomic E-state index is 6.23. The smallest absolute Gasteiger partial charge is 0.0685 e. The lowest BCUT2D eigenvalue weighted by Crippen LogP contribution is -2.44. The largest absolute Gasteiger partial charge is 0.375 e. The highest BCUT2D eigenvalue weighted by Gasteiger charge is 2.41. The average Bonchev–Trinajstić information content (AvgIpc) is 2.67. The number of ether oxygens (including phenoxy) is 1. The van der Waals surface area contributed by atoms with Gasteiger partial charge in [0.2, 0.25) is 0 Å². The second-order valence-electron chi connectivity index (χ2n) is 5.11. The van der Waals surface area contributed by atoms with Crippen LogP contribution < -0.4 is 5.73 Å². The normalized spacial score (nSPS) is 32.0. The van der Waals surface area contributed by atoms with Gasteiger partial charge in [-0.2, -0.15) is 11.8 Å². The fourth-order valence-corrected chi connectivity index (χ4v) is 3.78. The lowest BCUT2D eigenvalue weighted by Gasteiger charge is -2.40. The van der Waals surface area contributed by atoms with Crippen molar-refractivity contribution < 1.29 is 4.74 Å². The van der Waals surface area contributed by atoms with Crippen molar-refractivity contribution in [1.29, 1.82) is 0 Å². The van der Waals surface area contributed by atoms with Crippen molar-refractivity contribution in [2.45, 2.75) is 50.2 Å². The minimum Gasteiger partial charge on any atom is -0.375 e. The van der Waals surface area contributed by atoms with Crippen LogP contribution >= 0.6 is 11.8 Å². The lowest BCUT2D eigenvalue weighted by atomic mass is 9.81. The molecular formula is C12H23NOS. The van der Waals surface area contributed by atoms with Crippen LogP contribution in [-0.2, 0) is 4.74 Å². The molecule has 0 aromatic rings. The third-order valence-electron chi connectivity index (χ3n) is 4.01. The third-order valence-corrected chi connectivity index (χ3v) is 4.73. The van der Waals surface area contributed by atoms with Gasteiger partial charge in [0.15, 0.2) is 0 Å². The highest BCUT2D eigenvalue weighted by atomic mass is 32.2. The molecule has 0 bridgehead atoms. The first-order chi connectivity index (χ1) is 7.26. The molecule has 1 aliphatic carbocycles. The Morgan fingerprint density at radius 1 is 1.47 bits per heavy atom. The van der Waals surface area contributed by atoms with Gasteiger partial charge in [0.1, 0.15) is 0 Å². The second-order valence-corrected chi connectivity index (χ2v) is 6.02. The van der Waals surface area contributed by atoms with E-state index in [1.54, 1.807) is 0 Å². The summed E-state index contributed by atoms with van der Waals surface area (Å²) in [5, 5.41) is 0. The molecule has 1 saturated heterocycles. The van der Waals surface area contributed by atoms with Crippen LogP contribution in [0.5, 0.6) is 0 Å². The quantitative estimate of drug-likeness (QED) is 0.807. The molecule has 1 aliphatic heterocycles. The van der Waals surface area contributed by atoms with Crippen molar-refractivity contribution >= 4 is 11.8 Å². The second kappa shape index (κ2) is 5.07. The highest BCUT2D eigenvalue weighted by molar-refractivity contribution is 7.98. The summed E-state index contributed by atoms with van der Waals surface area (Å²) >= 11 is 1.87. The first-order valence-electron chi connectivity index (χ1n) is 6.14. The molecule has 2 unspecified atom stereocenters.